The van der Waals surface area contributed by atoms with E-state index in [1.807, 2.05) is 29.6 Å². The Morgan fingerprint density at radius 2 is 1.75 bits per heavy atom. The zero-order valence-electron chi connectivity index (χ0n) is 15.9. The van der Waals surface area contributed by atoms with Gasteiger partial charge in [-0.3, -0.25) is 4.79 Å². The molecular weight excluding hydrogens is 374 g/mol. The van der Waals surface area contributed by atoms with Crippen LogP contribution in [0.3, 0.4) is 0 Å². The summed E-state index contributed by atoms with van der Waals surface area (Å²) in [5.74, 6) is -0.380. The maximum atomic E-state index is 12.7. The normalized spacial score (nSPS) is 10.4. The lowest BCUT2D eigenvalue weighted by atomic mass is 10.0. The van der Waals surface area contributed by atoms with E-state index in [2.05, 4.69) is 12.2 Å². The Kier molecular flexibility index (Phi) is 6.11. The fourth-order valence-corrected chi connectivity index (χ4v) is 3.84. The van der Waals surface area contributed by atoms with Gasteiger partial charge in [0.1, 0.15) is 16.3 Å². The van der Waals surface area contributed by atoms with Gasteiger partial charge in [0.05, 0.1) is 19.8 Å². The van der Waals surface area contributed by atoms with Gasteiger partial charge in [0.2, 0.25) is 0 Å². The molecule has 1 N–H and O–H groups in total. The fourth-order valence-electron chi connectivity index (χ4n) is 2.89. The third-order valence-corrected chi connectivity index (χ3v) is 5.33. The minimum atomic E-state index is -0.494. The minimum absolute atomic E-state index is 0.347. The lowest BCUT2D eigenvalue weighted by molar-refractivity contribution is 0.0603. The molecule has 1 heterocycles. The van der Waals surface area contributed by atoms with Crippen molar-refractivity contribution >= 4 is 28.2 Å². The Bertz CT molecular complexity index is 992. The Morgan fingerprint density at radius 1 is 1.04 bits per heavy atom. The van der Waals surface area contributed by atoms with E-state index in [-0.39, 0.29) is 5.91 Å². The molecule has 0 aliphatic carbocycles. The number of nitrogens with one attached hydrogen (secondary N) is 1. The van der Waals surface area contributed by atoms with Crippen molar-refractivity contribution < 1.29 is 19.1 Å². The molecule has 144 valence electrons. The lowest BCUT2D eigenvalue weighted by Gasteiger charge is -2.10. The average Bonchev–Trinajstić information content (AvgIpc) is 3.16. The van der Waals surface area contributed by atoms with Crippen LogP contribution in [0.5, 0.6) is 5.75 Å². The zero-order chi connectivity index (χ0) is 20.1. The van der Waals surface area contributed by atoms with E-state index >= 15 is 0 Å². The molecule has 28 heavy (non-hydrogen) atoms. The molecule has 0 aliphatic heterocycles. The first-order chi connectivity index (χ1) is 13.6. The molecule has 0 aliphatic rings. The summed E-state index contributed by atoms with van der Waals surface area (Å²) in [5.41, 5.74) is 3.58. The van der Waals surface area contributed by atoms with E-state index in [1.165, 1.54) is 31.1 Å². The molecule has 6 heteroatoms. The highest BCUT2D eigenvalue weighted by molar-refractivity contribution is 7.15. The Labute approximate surface area is 167 Å². The number of hydrogen-bond donors (Lipinski definition) is 1. The number of aryl methyl sites for hydroxylation is 1. The lowest BCUT2D eigenvalue weighted by Crippen LogP contribution is -2.15. The minimum Gasteiger partial charge on any atom is -0.496 e. The number of rotatable bonds is 6. The number of esters is 1. The highest BCUT2D eigenvalue weighted by Crippen LogP contribution is 2.37. The summed E-state index contributed by atoms with van der Waals surface area (Å²) >= 11 is 1.29. The molecule has 0 unspecified atom stereocenters. The number of carbonyl (C=O) groups is 2. The SMILES string of the molecule is CCc1ccc(-c2csc(NC(=O)c3ccccc3OC)c2C(=O)OC)cc1. The van der Waals surface area contributed by atoms with Crippen LogP contribution in [0.15, 0.2) is 53.9 Å². The predicted molar refractivity (Wildman–Crippen MR) is 111 cm³/mol. The number of thiophene rings is 1. The monoisotopic (exact) mass is 395 g/mol. The standard InChI is InChI=1S/C22H21NO4S/c1-4-14-9-11-15(12-10-14)17-13-28-21(19(17)22(25)27-3)23-20(24)16-7-5-6-8-18(16)26-2/h5-13H,4H2,1-3H3,(H,23,24). The molecule has 0 saturated carbocycles. The Morgan fingerprint density at radius 3 is 2.39 bits per heavy atom. The van der Waals surface area contributed by atoms with Gasteiger partial charge in [0.15, 0.2) is 0 Å². The van der Waals surface area contributed by atoms with Gasteiger partial charge in [0.25, 0.3) is 5.91 Å². The van der Waals surface area contributed by atoms with Gasteiger partial charge in [0, 0.05) is 10.9 Å². The van der Waals surface area contributed by atoms with Crippen molar-refractivity contribution in [3.8, 4) is 16.9 Å². The van der Waals surface area contributed by atoms with Crippen LogP contribution < -0.4 is 10.1 Å². The van der Waals surface area contributed by atoms with Crippen molar-refractivity contribution in [1.29, 1.82) is 0 Å². The summed E-state index contributed by atoms with van der Waals surface area (Å²) in [5, 5.41) is 5.12. The van der Waals surface area contributed by atoms with Gasteiger partial charge in [-0.05, 0) is 29.7 Å². The van der Waals surface area contributed by atoms with E-state index in [1.54, 1.807) is 24.3 Å². The summed E-state index contributed by atoms with van der Waals surface area (Å²) in [6.07, 6.45) is 0.938. The van der Waals surface area contributed by atoms with Gasteiger partial charge in [-0.1, -0.05) is 43.3 Å². The van der Waals surface area contributed by atoms with Gasteiger partial charge in [-0.2, -0.15) is 0 Å². The van der Waals surface area contributed by atoms with Crippen LogP contribution in [-0.2, 0) is 11.2 Å². The van der Waals surface area contributed by atoms with Crippen molar-refractivity contribution in [3.05, 3.63) is 70.6 Å². The van der Waals surface area contributed by atoms with Crippen LogP contribution in [0.25, 0.3) is 11.1 Å². The average molecular weight is 395 g/mol. The second kappa shape index (κ2) is 8.71. The van der Waals surface area contributed by atoms with Gasteiger partial charge < -0.3 is 14.8 Å². The predicted octanol–water partition coefficient (Wildman–Crippen LogP) is 5.03. The van der Waals surface area contributed by atoms with E-state index in [4.69, 9.17) is 9.47 Å². The van der Waals surface area contributed by atoms with Crippen LogP contribution in [0, 0.1) is 0 Å². The molecule has 1 aromatic heterocycles. The molecule has 0 saturated heterocycles. The van der Waals surface area contributed by atoms with Crippen molar-refractivity contribution in [3.63, 3.8) is 0 Å². The molecule has 0 radical (unpaired) electrons. The maximum Gasteiger partial charge on any atom is 0.341 e. The van der Waals surface area contributed by atoms with E-state index < -0.39 is 5.97 Å². The van der Waals surface area contributed by atoms with Crippen LogP contribution in [0.1, 0.15) is 33.2 Å². The summed E-state index contributed by atoms with van der Waals surface area (Å²) < 4.78 is 10.2. The van der Waals surface area contributed by atoms with E-state index in [9.17, 15) is 9.59 Å². The molecule has 2 aromatic carbocycles. The van der Waals surface area contributed by atoms with Crippen molar-refractivity contribution in [1.82, 2.24) is 0 Å². The van der Waals surface area contributed by atoms with Crippen LogP contribution in [-0.4, -0.2) is 26.1 Å². The largest absolute Gasteiger partial charge is 0.496 e. The second-order valence-electron chi connectivity index (χ2n) is 6.05. The molecule has 0 fully saturated rings. The molecule has 0 spiro atoms. The molecule has 0 atom stereocenters. The molecule has 5 nitrogen and oxygen atoms in total. The summed E-state index contributed by atoms with van der Waals surface area (Å²) in [6.45, 7) is 2.09. The van der Waals surface area contributed by atoms with Crippen LogP contribution >= 0.6 is 11.3 Å². The van der Waals surface area contributed by atoms with Crippen molar-refractivity contribution in [2.75, 3.05) is 19.5 Å². The molecule has 0 bridgehead atoms. The van der Waals surface area contributed by atoms with Crippen LogP contribution in [0.4, 0.5) is 5.00 Å². The number of carbonyl (C=O) groups excluding carboxylic acids is 2. The number of ether oxygens (including phenoxy) is 2. The van der Waals surface area contributed by atoms with Crippen LogP contribution in [0.2, 0.25) is 0 Å². The number of amides is 1. The third-order valence-electron chi connectivity index (χ3n) is 4.43. The quantitative estimate of drug-likeness (QED) is 0.595. The number of para-hydroxylation sites is 1. The van der Waals surface area contributed by atoms with Gasteiger partial charge >= 0.3 is 5.97 Å². The van der Waals surface area contributed by atoms with Crippen molar-refractivity contribution in [2.45, 2.75) is 13.3 Å². The first-order valence-corrected chi connectivity index (χ1v) is 9.70. The molecular formula is C22H21NO4S. The first kappa shape index (κ1) is 19.6. The Hall–Kier alpha value is -3.12. The fraction of sp³-hybridized carbons (Fsp3) is 0.182. The summed E-state index contributed by atoms with van der Waals surface area (Å²) in [7, 11) is 2.84. The van der Waals surface area contributed by atoms with Crippen molar-refractivity contribution in [2.24, 2.45) is 0 Å². The van der Waals surface area contributed by atoms with E-state index in [0.717, 1.165) is 17.5 Å². The summed E-state index contributed by atoms with van der Waals surface area (Å²) in [6, 6.07) is 14.9. The van der Waals surface area contributed by atoms with Gasteiger partial charge in [-0.15, -0.1) is 11.3 Å². The smallest absolute Gasteiger partial charge is 0.341 e. The highest BCUT2D eigenvalue weighted by Gasteiger charge is 2.23. The number of benzene rings is 2. The van der Waals surface area contributed by atoms with Gasteiger partial charge in [-0.25, -0.2) is 4.79 Å². The highest BCUT2D eigenvalue weighted by atomic mass is 32.1. The molecule has 3 rings (SSSR count). The third kappa shape index (κ3) is 3.92. The number of hydrogen-bond acceptors (Lipinski definition) is 5. The molecule has 3 aromatic rings. The zero-order valence-corrected chi connectivity index (χ0v) is 16.8. The molecule has 1 amide bonds. The number of anilines is 1. The number of methoxy groups -OCH3 is 2. The summed E-state index contributed by atoms with van der Waals surface area (Å²) in [4.78, 5) is 25.2. The maximum absolute atomic E-state index is 12.7. The second-order valence-corrected chi connectivity index (χ2v) is 6.93. The van der Waals surface area contributed by atoms with E-state index in [0.29, 0.717) is 21.9 Å². The Balaban J connectivity index is 1.98. The first-order valence-electron chi connectivity index (χ1n) is 8.82. The topological polar surface area (TPSA) is 64.6 Å².